The second kappa shape index (κ2) is 4.06. The molecule has 0 amide bonds. The van der Waals surface area contributed by atoms with Gasteiger partial charge in [-0.2, -0.15) is 0 Å². The molecular formula is C13H12F2N6. The fourth-order valence-corrected chi connectivity index (χ4v) is 2.81. The van der Waals surface area contributed by atoms with Gasteiger partial charge in [-0.15, -0.1) is 0 Å². The van der Waals surface area contributed by atoms with Gasteiger partial charge in [-0.25, -0.2) is 23.7 Å². The zero-order valence-corrected chi connectivity index (χ0v) is 10.9. The van der Waals surface area contributed by atoms with Gasteiger partial charge < -0.3 is 10.6 Å². The highest BCUT2D eigenvalue weighted by Crippen LogP contribution is 2.59. The summed E-state index contributed by atoms with van der Waals surface area (Å²) in [5, 5.41) is 0. The minimum atomic E-state index is -2.49. The van der Waals surface area contributed by atoms with Crippen molar-refractivity contribution in [2.75, 3.05) is 23.7 Å². The quantitative estimate of drug-likeness (QED) is 0.895. The van der Waals surface area contributed by atoms with Gasteiger partial charge in [0.2, 0.25) is 5.95 Å². The Kier molecular flexibility index (Phi) is 2.39. The van der Waals surface area contributed by atoms with Crippen LogP contribution in [0.5, 0.6) is 0 Å². The number of anilines is 2. The van der Waals surface area contributed by atoms with Crippen LogP contribution >= 0.6 is 0 Å². The summed E-state index contributed by atoms with van der Waals surface area (Å²) in [5.74, 6) is -2.79. The van der Waals surface area contributed by atoms with Gasteiger partial charge in [-0.1, -0.05) is 0 Å². The number of halogens is 2. The van der Waals surface area contributed by atoms with E-state index in [0.717, 1.165) is 0 Å². The number of rotatable bonds is 2. The first-order valence-electron chi connectivity index (χ1n) is 6.58. The van der Waals surface area contributed by atoms with Crippen molar-refractivity contribution in [2.24, 2.45) is 11.8 Å². The molecule has 1 aliphatic carbocycles. The second-order valence-corrected chi connectivity index (χ2v) is 5.39. The molecule has 0 spiro atoms. The smallest absolute Gasteiger partial charge is 0.258 e. The van der Waals surface area contributed by atoms with E-state index in [1.54, 1.807) is 23.5 Å². The maximum Gasteiger partial charge on any atom is 0.258 e. The van der Waals surface area contributed by atoms with Gasteiger partial charge in [0, 0.05) is 31.0 Å². The molecule has 2 aromatic rings. The first kappa shape index (κ1) is 12.4. The summed E-state index contributed by atoms with van der Waals surface area (Å²) in [5.41, 5.74) is 6.85. The van der Waals surface area contributed by atoms with Crippen molar-refractivity contribution in [2.45, 2.75) is 5.92 Å². The zero-order valence-electron chi connectivity index (χ0n) is 10.9. The number of fused-ring (bicyclic) bond motifs is 1. The van der Waals surface area contributed by atoms with Crippen LogP contribution < -0.4 is 10.6 Å². The maximum absolute atomic E-state index is 13.2. The Bertz CT molecular complexity index is 675. The van der Waals surface area contributed by atoms with Gasteiger partial charge in [0.1, 0.15) is 5.82 Å². The van der Waals surface area contributed by atoms with Crippen molar-refractivity contribution < 1.29 is 8.78 Å². The molecule has 0 aromatic carbocycles. The average Bonchev–Trinajstić information content (AvgIpc) is 2.86. The molecule has 3 heterocycles. The highest BCUT2D eigenvalue weighted by Gasteiger charge is 2.71. The van der Waals surface area contributed by atoms with E-state index in [9.17, 15) is 8.78 Å². The lowest BCUT2D eigenvalue weighted by Crippen LogP contribution is -2.28. The number of nitrogens with two attached hydrogens (primary N) is 1. The Balaban J connectivity index is 1.53. The van der Waals surface area contributed by atoms with E-state index in [1.807, 2.05) is 0 Å². The van der Waals surface area contributed by atoms with Gasteiger partial charge in [0.25, 0.3) is 5.92 Å². The van der Waals surface area contributed by atoms with Crippen LogP contribution in [0.2, 0.25) is 0 Å². The molecule has 6 nitrogen and oxygen atoms in total. The molecule has 1 saturated heterocycles. The van der Waals surface area contributed by atoms with Crippen LogP contribution in [-0.2, 0) is 0 Å². The van der Waals surface area contributed by atoms with Gasteiger partial charge in [0.05, 0.1) is 29.9 Å². The van der Waals surface area contributed by atoms with Crippen LogP contribution in [0.25, 0.3) is 11.3 Å². The second-order valence-electron chi connectivity index (χ2n) is 5.39. The lowest BCUT2D eigenvalue weighted by Gasteiger charge is -2.19. The Hall–Kier alpha value is -2.38. The number of hydrogen-bond acceptors (Lipinski definition) is 6. The van der Waals surface area contributed by atoms with E-state index in [2.05, 4.69) is 19.9 Å². The van der Waals surface area contributed by atoms with Gasteiger partial charge in [-0.3, -0.25) is 4.98 Å². The molecule has 0 radical (unpaired) electrons. The van der Waals surface area contributed by atoms with E-state index in [4.69, 9.17) is 5.73 Å². The summed E-state index contributed by atoms with van der Waals surface area (Å²) in [6.07, 6.45) is 6.23. The molecule has 21 heavy (non-hydrogen) atoms. The number of piperidine rings is 1. The maximum atomic E-state index is 13.2. The Morgan fingerprint density at radius 2 is 1.76 bits per heavy atom. The first-order chi connectivity index (χ1) is 10.1. The molecule has 8 heteroatoms. The fourth-order valence-electron chi connectivity index (χ4n) is 2.81. The number of alkyl halides is 2. The summed E-state index contributed by atoms with van der Waals surface area (Å²) in [6.45, 7) is 0.629. The summed E-state index contributed by atoms with van der Waals surface area (Å²) in [6, 6.07) is 0. The monoisotopic (exact) mass is 290 g/mol. The SMILES string of the molecule is Nc1cncc(-c2cnc(N3CC4C(C3)C4(F)F)nc2)n1. The number of nitrogen functional groups attached to an aromatic ring is 1. The van der Waals surface area contributed by atoms with E-state index in [-0.39, 0.29) is 0 Å². The summed E-state index contributed by atoms with van der Waals surface area (Å²) >= 11 is 0. The van der Waals surface area contributed by atoms with Crippen LogP contribution in [0.15, 0.2) is 24.8 Å². The Morgan fingerprint density at radius 3 is 2.38 bits per heavy atom. The van der Waals surface area contributed by atoms with E-state index in [0.29, 0.717) is 36.1 Å². The minimum absolute atomic E-state index is 0.315. The molecule has 1 aliphatic heterocycles. The van der Waals surface area contributed by atoms with E-state index < -0.39 is 17.8 Å². The van der Waals surface area contributed by atoms with Crippen molar-refractivity contribution >= 4 is 11.8 Å². The number of aromatic nitrogens is 4. The topological polar surface area (TPSA) is 80.8 Å². The molecule has 2 atom stereocenters. The molecule has 0 bridgehead atoms. The summed E-state index contributed by atoms with van der Waals surface area (Å²) in [4.78, 5) is 18.3. The standard InChI is InChI=1S/C13H12F2N6/c14-13(15)8-5-21(6-9(8)13)12-18-1-7(2-19-12)10-3-17-4-11(16)20-10/h1-4,8-9H,5-6H2,(H2,16,20). The van der Waals surface area contributed by atoms with Gasteiger partial charge >= 0.3 is 0 Å². The third-order valence-corrected chi connectivity index (χ3v) is 4.07. The lowest BCUT2D eigenvalue weighted by molar-refractivity contribution is 0.0796. The Labute approximate surface area is 119 Å². The van der Waals surface area contributed by atoms with Crippen LogP contribution in [0.3, 0.4) is 0 Å². The molecule has 2 unspecified atom stereocenters. The molecule has 2 N–H and O–H groups in total. The third kappa shape index (κ3) is 1.90. The highest BCUT2D eigenvalue weighted by molar-refractivity contribution is 5.58. The first-order valence-corrected chi connectivity index (χ1v) is 6.58. The predicted octanol–water partition coefficient (Wildman–Crippen LogP) is 1.22. The average molecular weight is 290 g/mol. The highest BCUT2D eigenvalue weighted by atomic mass is 19.3. The van der Waals surface area contributed by atoms with Crippen molar-refractivity contribution in [1.29, 1.82) is 0 Å². The van der Waals surface area contributed by atoms with Crippen molar-refractivity contribution in [1.82, 2.24) is 19.9 Å². The van der Waals surface area contributed by atoms with Crippen molar-refractivity contribution in [3.8, 4) is 11.3 Å². The molecule has 2 fully saturated rings. The van der Waals surface area contributed by atoms with Gasteiger partial charge in [0.15, 0.2) is 0 Å². The van der Waals surface area contributed by atoms with Crippen LogP contribution in [-0.4, -0.2) is 38.9 Å². The van der Waals surface area contributed by atoms with Crippen molar-refractivity contribution in [3.63, 3.8) is 0 Å². The largest absolute Gasteiger partial charge is 0.382 e. The van der Waals surface area contributed by atoms with E-state index in [1.165, 1.54) is 6.20 Å². The normalized spacial score (nSPS) is 25.7. The molecule has 108 valence electrons. The molecule has 4 rings (SSSR count). The van der Waals surface area contributed by atoms with Crippen LogP contribution in [0.1, 0.15) is 0 Å². The summed E-state index contributed by atoms with van der Waals surface area (Å²) < 4.78 is 26.3. The molecule has 1 saturated carbocycles. The minimum Gasteiger partial charge on any atom is -0.382 e. The number of hydrogen-bond donors (Lipinski definition) is 1. The molecule has 2 aliphatic rings. The van der Waals surface area contributed by atoms with Crippen LogP contribution in [0.4, 0.5) is 20.5 Å². The molecule has 2 aromatic heterocycles. The Morgan fingerprint density at radius 1 is 1.10 bits per heavy atom. The summed E-state index contributed by atoms with van der Waals surface area (Å²) in [7, 11) is 0. The van der Waals surface area contributed by atoms with E-state index >= 15 is 0 Å². The fraction of sp³-hybridized carbons (Fsp3) is 0.385. The lowest BCUT2D eigenvalue weighted by atomic mass is 10.2. The predicted molar refractivity (Wildman–Crippen MR) is 71.6 cm³/mol. The molecular weight excluding hydrogens is 278 g/mol. The van der Waals surface area contributed by atoms with Crippen LogP contribution in [0, 0.1) is 11.8 Å². The van der Waals surface area contributed by atoms with Gasteiger partial charge in [-0.05, 0) is 0 Å². The van der Waals surface area contributed by atoms with Crippen molar-refractivity contribution in [3.05, 3.63) is 24.8 Å². The number of nitrogens with zero attached hydrogens (tertiary/aromatic N) is 5. The third-order valence-electron chi connectivity index (χ3n) is 4.07. The zero-order chi connectivity index (χ0) is 14.6.